The van der Waals surface area contributed by atoms with E-state index in [1.54, 1.807) is 30.3 Å². The monoisotopic (exact) mass is 331 g/mol. The van der Waals surface area contributed by atoms with Gasteiger partial charge in [-0.05, 0) is 41.1 Å². The second kappa shape index (κ2) is 5.87. The number of rotatable bonds is 2. The number of halogens is 2. The van der Waals surface area contributed by atoms with Crippen LogP contribution >= 0.6 is 23.2 Å². The maximum Gasteiger partial charge on any atom is 0.259 e. The van der Waals surface area contributed by atoms with Crippen molar-refractivity contribution in [3.8, 4) is 5.75 Å². The first-order valence-corrected chi connectivity index (χ1v) is 7.28. The molecule has 0 atom stereocenters. The van der Waals surface area contributed by atoms with Crippen molar-refractivity contribution in [2.75, 3.05) is 5.32 Å². The molecule has 0 fully saturated rings. The highest BCUT2D eigenvalue weighted by Gasteiger charge is 2.14. The van der Waals surface area contributed by atoms with Gasteiger partial charge in [0.1, 0.15) is 5.75 Å². The van der Waals surface area contributed by atoms with E-state index in [-0.39, 0.29) is 11.3 Å². The highest BCUT2D eigenvalue weighted by Crippen LogP contribution is 2.29. The Morgan fingerprint density at radius 1 is 0.955 bits per heavy atom. The summed E-state index contributed by atoms with van der Waals surface area (Å²) in [6.45, 7) is 0. The number of carbonyl (C=O) groups excluding carboxylic acids is 1. The normalized spacial score (nSPS) is 10.6. The van der Waals surface area contributed by atoms with Crippen molar-refractivity contribution < 1.29 is 9.90 Å². The third kappa shape index (κ3) is 2.86. The van der Waals surface area contributed by atoms with Gasteiger partial charge in [0.2, 0.25) is 0 Å². The van der Waals surface area contributed by atoms with Crippen LogP contribution in [0.15, 0.2) is 54.6 Å². The number of amides is 1. The highest BCUT2D eigenvalue weighted by molar-refractivity contribution is 6.36. The van der Waals surface area contributed by atoms with Crippen LogP contribution in [0, 0.1) is 0 Å². The quantitative estimate of drug-likeness (QED) is 0.685. The first kappa shape index (κ1) is 14.7. The molecule has 5 heteroatoms. The molecule has 0 aromatic heterocycles. The molecule has 0 saturated heterocycles. The molecule has 0 spiro atoms. The van der Waals surface area contributed by atoms with Crippen molar-refractivity contribution in [3.05, 3.63) is 70.2 Å². The summed E-state index contributed by atoms with van der Waals surface area (Å²) >= 11 is 11.9. The smallest absolute Gasteiger partial charge is 0.259 e. The Bertz CT molecular complexity index is 878. The molecule has 3 rings (SSSR count). The van der Waals surface area contributed by atoms with Crippen LogP contribution in [0.2, 0.25) is 10.0 Å². The van der Waals surface area contributed by atoms with Crippen molar-refractivity contribution in [1.82, 2.24) is 0 Å². The van der Waals surface area contributed by atoms with Crippen LogP contribution < -0.4 is 5.32 Å². The molecule has 3 aromatic carbocycles. The SMILES string of the molecule is O=C(Nc1cc(Cl)ccc1Cl)c1cc2ccccc2cc1O. The van der Waals surface area contributed by atoms with Crippen LogP contribution in [0.3, 0.4) is 0 Å². The summed E-state index contributed by atoms with van der Waals surface area (Å²) in [7, 11) is 0. The number of hydrogen-bond donors (Lipinski definition) is 2. The number of phenolic OH excluding ortho intramolecular Hbond substituents is 1. The Kier molecular flexibility index (Phi) is 3.92. The van der Waals surface area contributed by atoms with Crippen LogP contribution in [0.4, 0.5) is 5.69 Å². The van der Waals surface area contributed by atoms with Gasteiger partial charge in [0, 0.05) is 5.02 Å². The Hall–Kier alpha value is -2.23. The molecule has 0 aliphatic heterocycles. The molecule has 0 radical (unpaired) electrons. The van der Waals surface area contributed by atoms with E-state index in [1.165, 1.54) is 0 Å². The zero-order chi connectivity index (χ0) is 15.7. The lowest BCUT2D eigenvalue weighted by atomic mass is 10.1. The van der Waals surface area contributed by atoms with Gasteiger partial charge < -0.3 is 10.4 Å². The van der Waals surface area contributed by atoms with Gasteiger partial charge in [-0.1, -0.05) is 47.5 Å². The number of phenols is 1. The lowest BCUT2D eigenvalue weighted by Gasteiger charge is -2.10. The van der Waals surface area contributed by atoms with Gasteiger partial charge in [-0.3, -0.25) is 4.79 Å². The number of nitrogens with one attached hydrogen (secondary N) is 1. The van der Waals surface area contributed by atoms with E-state index in [4.69, 9.17) is 23.2 Å². The molecule has 0 unspecified atom stereocenters. The largest absolute Gasteiger partial charge is 0.507 e. The van der Waals surface area contributed by atoms with E-state index < -0.39 is 5.91 Å². The summed E-state index contributed by atoms with van der Waals surface area (Å²) in [4.78, 5) is 12.4. The summed E-state index contributed by atoms with van der Waals surface area (Å²) in [6.07, 6.45) is 0. The number of anilines is 1. The predicted octanol–water partition coefficient (Wildman–Crippen LogP) is 5.10. The average Bonchev–Trinajstić information content (AvgIpc) is 2.50. The fourth-order valence-electron chi connectivity index (χ4n) is 2.19. The Labute approximate surface area is 137 Å². The summed E-state index contributed by atoms with van der Waals surface area (Å²) < 4.78 is 0. The number of fused-ring (bicyclic) bond motifs is 1. The predicted molar refractivity (Wildman–Crippen MR) is 90.0 cm³/mol. The Morgan fingerprint density at radius 3 is 2.36 bits per heavy atom. The third-order valence-electron chi connectivity index (χ3n) is 3.29. The zero-order valence-corrected chi connectivity index (χ0v) is 12.8. The van der Waals surface area contributed by atoms with Gasteiger partial charge in [0.05, 0.1) is 16.3 Å². The summed E-state index contributed by atoms with van der Waals surface area (Å²) in [5.74, 6) is -0.540. The standard InChI is InChI=1S/C17H11Cl2NO2/c18-12-5-6-14(19)15(9-12)20-17(22)13-7-10-3-1-2-4-11(10)8-16(13)21/h1-9,21H,(H,20,22). The molecule has 0 bridgehead atoms. The van der Waals surface area contributed by atoms with Gasteiger partial charge in [0.15, 0.2) is 0 Å². The number of aromatic hydroxyl groups is 1. The van der Waals surface area contributed by atoms with Crippen LogP contribution in [0.1, 0.15) is 10.4 Å². The van der Waals surface area contributed by atoms with Gasteiger partial charge in [0.25, 0.3) is 5.91 Å². The maximum absolute atomic E-state index is 12.4. The lowest BCUT2D eigenvalue weighted by molar-refractivity contribution is 0.102. The van der Waals surface area contributed by atoms with Crippen LogP contribution in [0.25, 0.3) is 10.8 Å². The Balaban J connectivity index is 1.98. The molecule has 3 aromatic rings. The molecule has 1 amide bonds. The van der Waals surface area contributed by atoms with Crippen molar-refractivity contribution in [1.29, 1.82) is 0 Å². The fourth-order valence-corrected chi connectivity index (χ4v) is 2.53. The van der Waals surface area contributed by atoms with Crippen LogP contribution in [0.5, 0.6) is 5.75 Å². The van der Waals surface area contributed by atoms with E-state index in [9.17, 15) is 9.90 Å². The number of carbonyl (C=O) groups is 1. The summed E-state index contributed by atoms with van der Waals surface area (Å²) in [5.41, 5.74) is 0.571. The minimum atomic E-state index is -0.451. The van der Waals surface area contributed by atoms with Crippen molar-refractivity contribution >= 4 is 45.6 Å². The van der Waals surface area contributed by atoms with Crippen LogP contribution in [-0.2, 0) is 0 Å². The highest BCUT2D eigenvalue weighted by atomic mass is 35.5. The third-order valence-corrected chi connectivity index (χ3v) is 3.85. The molecule has 2 N–H and O–H groups in total. The van der Waals surface area contributed by atoms with Crippen molar-refractivity contribution in [2.45, 2.75) is 0 Å². The second-order valence-electron chi connectivity index (χ2n) is 4.79. The van der Waals surface area contributed by atoms with E-state index in [1.807, 2.05) is 24.3 Å². The Morgan fingerprint density at radius 2 is 1.64 bits per heavy atom. The molecule has 0 heterocycles. The minimum absolute atomic E-state index is 0.0886. The first-order chi connectivity index (χ1) is 10.5. The van der Waals surface area contributed by atoms with Gasteiger partial charge >= 0.3 is 0 Å². The van der Waals surface area contributed by atoms with Crippen molar-refractivity contribution in [3.63, 3.8) is 0 Å². The van der Waals surface area contributed by atoms with E-state index in [0.29, 0.717) is 15.7 Å². The molecule has 0 aliphatic rings. The summed E-state index contributed by atoms with van der Waals surface area (Å²) in [6, 6.07) is 15.5. The molecule has 110 valence electrons. The average molecular weight is 332 g/mol. The molecular formula is C17H11Cl2NO2. The molecule has 0 saturated carbocycles. The molecule has 0 aliphatic carbocycles. The lowest BCUT2D eigenvalue weighted by Crippen LogP contribution is -2.12. The van der Waals surface area contributed by atoms with Gasteiger partial charge in [-0.25, -0.2) is 0 Å². The number of benzene rings is 3. The van der Waals surface area contributed by atoms with Crippen molar-refractivity contribution in [2.24, 2.45) is 0 Å². The number of hydrogen-bond acceptors (Lipinski definition) is 2. The first-order valence-electron chi connectivity index (χ1n) is 6.53. The zero-order valence-electron chi connectivity index (χ0n) is 11.3. The summed E-state index contributed by atoms with van der Waals surface area (Å²) in [5, 5.41) is 15.3. The van der Waals surface area contributed by atoms with Gasteiger partial charge in [-0.2, -0.15) is 0 Å². The maximum atomic E-state index is 12.4. The topological polar surface area (TPSA) is 49.3 Å². The second-order valence-corrected chi connectivity index (χ2v) is 5.64. The minimum Gasteiger partial charge on any atom is -0.507 e. The van der Waals surface area contributed by atoms with Crippen LogP contribution in [-0.4, -0.2) is 11.0 Å². The van der Waals surface area contributed by atoms with Gasteiger partial charge in [-0.15, -0.1) is 0 Å². The van der Waals surface area contributed by atoms with E-state index >= 15 is 0 Å². The molecule has 22 heavy (non-hydrogen) atoms. The van der Waals surface area contributed by atoms with E-state index in [2.05, 4.69) is 5.32 Å². The van der Waals surface area contributed by atoms with E-state index in [0.717, 1.165) is 10.8 Å². The molecule has 3 nitrogen and oxygen atoms in total. The fraction of sp³-hybridized carbons (Fsp3) is 0. The molecular weight excluding hydrogens is 321 g/mol.